The van der Waals surface area contributed by atoms with Crippen LogP contribution >= 0.6 is 0 Å². The van der Waals surface area contributed by atoms with Crippen LogP contribution in [-0.4, -0.2) is 32.5 Å². The first kappa shape index (κ1) is 16.6. The van der Waals surface area contributed by atoms with E-state index in [-0.39, 0.29) is 29.9 Å². The van der Waals surface area contributed by atoms with E-state index in [1.54, 1.807) is 6.07 Å². The number of nitro benzene ring substituents is 1. The number of nitrogens with zero attached hydrogens (tertiary/aromatic N) is 3. The number of rotatable bonds is 7. The van der Waals surface area contributed by atoms with Gasteiger partial charge in [-0.2, -0.15) is 4.98 Å². The molecule has 3 N–H and O–H groups in total. The van der Waals surface area contributed by atoms with Crippen LogP contribution in [0.4, 0.5) is 27.5 Å². The van der Waals surface area contributed by atoms with Gasteiger partial charge in [-0.3, -0.25) is 14.9 Å². The lowest BCUT2D eigenvalue weighted by molar-refractivity contribution is -0.384. The van der Waals surface area contributed by atoms with Gasteiger partial charge in [-0.05, 0) is 25.0 Å². The number of aliphatic carboxylic acids is 1. The summed E-state index contributed by atoms with van der Waals surface area (Å²) >= 11 is 0. The third kappa shape index (κ3) is 4.16. The summed E-state index contributed by atoms with van der Waals surface area (Å²) < 4.78 is 13.2. The molecule has 0 amide bonds. The summed E-state index contributed by atoms with van der Waals surface area (Å²) in [5.41, 5.74) is 0.373. The van der Waals surface area contributed by atoms with E-state index in [1.807, 2.05) is 0 Å². The van der Waals surface area contributed by atoms with Gasteiger partial charge in [0.05, 0.1) is 16.7 Å². The second kappa shape index (κ2) is 6.67. The number of benzene rings is 1. The third-order valence-corrected chi connectivity index (χ3v) is 3.56. The number of anilines is 3. The Kier molecular flexibility index (Phi) is 4.42. The van der Waals surface area contributed by atoms with Gasteiger partial charge in [0.2, 0.25) is 5.95 Å². The summed E-state index contributed by atoms with van der Waals surface area (Å²) in [6.45, 7) is -0.357. The van der Waals surface area contributed by atoms with E-state index in [0.29, 0.717) is 0 Å². The van der Waals surface area contributed by atoms with Crippen LogP contribution in [-0.2, 0) is 4.79 Å². The van der Waals surface area contributed by atoms with Gasteiger partial charge in [0.1, 0.15) is 23.9 Å². The van der Waals surface area contributed by atoms with Crippen LogP contribution in [0.5, 0.6) is 0 Å². The maximum atomic E-state index is 13.2. The molecule has 0 saturated heterocycles. The average molecular weight is 347 g/mol. The average Bonchev–Trinajstić information content (AvgIpc) is 3.39. The highest BCUT2D eigenvalue weighted by atomic mass is 19.1. The van der Waals surface area contributed by atoms with Gasteiger partial charge in [-0.25, -0.2) is 9.37 Å². The Labute approximate surface area is 141 Å². The molecule has 1 heterocycles. The van der Waals surface area contributed by atoms with Crippen molar-refractivity contribution in [1.29, 1.82) is 0 Å². The van der Waals surface area contributed by atoms with Crippen molar-refractivity contribution >= 4 is 29.1 Å². The van der Waals surface area contributed by atoms with E-state index in [9.17, 15) is 19.3 Å². The molecule has 0 radical (unpaired) electrons. The number of aromatic nitrogens is 2. The first-order valence-corrected chi connectivity index (χ1v) is 7.48. The van der Waals surface area contributed by atoms with E-state index >= 15 is 0 Å². The molecular weight excluding hydrogens is 333 g/mol. The zero-order chi connectivity index (χ0) is 18.0. The number of hydrogen-bond acceptors (Lipinski definition) is 7. The van der Waals surface area contributed by atoms with Crippen LogP contribution in [0.15, 0.2) is 24.3 Å². The number of nitro groups is 1. The van der Waals surface area contributed by atoms with Gasteiger partial charge in [0.15, 0.2) is 0 Å². The Morgan fingerprint density at radius 3 is 2.76 bits per heavy atom. The molecule has 2 aromatic rings. The number of carboxylic acids is 1. The summed E-state index contributed by atoms with van der Waals surface area (Å²) in [4.78, 5) is 29.5. The van der Waals surface area contributed by atoms with Crippen LogP contribution in [0, 0.1) is 15.9 Å². The van der Waals surface area contributed by atoms with E-state index in [2.05, 4.69) is 20.6 Å². The van der Waals surface area contributed by atoms with Crippen molar-refractivity contribution in [1.82, 2.24) is 9.97 Å². The molecule has 25 heavy (non-hydrogen) atoms. The van der Waals surface area contributed by atoms with Crippen molar-refractivity contribution in [2.45, 2.75) is 18.8 Å². The molecule has 1 aliphatic rings. The smallest absolute Gasteiger partial charge is 0.322 e. The quantitative estimate of drug-likeness (QED) is 0.515. The van der Waals surface area contributed by atoms with Crippen molar-refractivity contribution in [2.75, 3.05) is 17.2 Å². The molecule has 130 valence electrons. The van der Waals surface area contributed by atoms with Gasteiger partial charge in [0.25, 0.3) is 5.69 Å². The molecule has 9 nitrogen and oxygen atoms in total. The summed E-state index contributed by atoms with van der Waals surface area (Å²) in [5.74, 6) is -1.15. The van der Waals surface area contributed by atoms with Crippen LogP contribution in [0.1, 0.15) is 24.5 Å². The topological polar surface area (TPSA) is 130 Å². The monoisotopic (exact) mass is 347 g/mol. The highest BCUT2D eigenvalue weighted by Crippen LogP contribution is 2.40. The normalized spacial score (nSPS) is 13.3. The minimum Gasteiger partial charge on any atom is -0.480 e. The summed E-state index contributed by atoms with van der Waals surface area (Å²) in [5, 5.41) is 25.2. The molecule has 1 saturated carbocycles. The predicted octanol–water partition coefficient (Wildman–Crippen LogP) is 2.64. The number of carbonyl (C=O) groups is 1. The van der Waals surface area contributed by atoms with Crippen molar-refractivity contribution < 1.29 is 19.2 Å². The minimum absolute atomic E-state index is 0.0797. The lowest BCUT2D eigenvalue weighted by Crippen LogP contribution is -2.15. The van der Waals surface area contributed by atoms with Gasteiger partial charge in [-0.1, -0.05) is 0 Å². The van der Waals surface area contributed by atoms with Crippen molar-refractivity contribution in [3.63, 3.8) is 0 Å². The summed E-state index contributed by atoms with van der Waals surface area (Å²) in [6, 6.07) is 4.81. The van der Waals surface area contributed by atoms with E-state index in [4.69, 9.17) is 5.11 Å². The Morgan fingerprint density at radius 1 is 1.36 bits per heavy atom. The van der Waals surface area contributed by atoms with Gasteiger partial charge in [-0.15, -0.1) is 0 Å². The SMILES string of the molecule is O=C(O)CNc1nc(Nc2ccc(F)cc2[N+](=O)[O-])cc(C2CC2)n1. The maximum Gasteiger partial charge on any atom is 0.322 e. The molecule has 10 heteroatoms. The van der Waals surface area contributed by atoms with Crippen molar-refractivity contribution in [3.8, 4) is 0 Å². The number of halogens is 1. The predicted molar refractivity (Wildman–Crippen MR) is 86.5 cm³/mol. The van der Waals surface area contributed by atoms with Crippen LogP contribution in [0.3, 0.4) is 0 Å². The molecule has 0 spiro atoms. The Bertz CT molecular complexity index is 841. The zero-order valence-corrected chi connectivity index (χ0v) is 12.9. The van der Waals surface area contributed by atoms with Crippen molar-refractivity contribution in [3.05, 3.63) is 45.9 Å². The zero-order valence-electron chi connectivity index (χ0n) is 12.9. The summed E-state index contributed by atoms with van der Waals surface area (Å²) in [7, 11) is 0. The van der Waals surface area contributed by atoms with Gasteiger partial charge in [0, 0.05) is 12.0 Å². The molecular formula is C15H14FN5O4. The first-order chi connectivity index (χ1) is 11.9. The molecule has 0 bridgehead atoms. The summed E-state index contributed by atoms with van der Waals surface area (Å²) in [6.07, 6.45) is 1.93. The lowest BCUT2D eigenvalue weighted by Gasteiger charge is -2.10. The number of hydrogen-bond donors (Lipinski definition) is 3. The van der Waals surface area contributed by atoms with E-state index < -0.39 is 22.4 Å². The molecule has 1 aliphatic carbocycles. The van der Waals surface area contributed by atoms with Crippen LogP contribution in [0.25, 0.3) is 0 Å². The molecule has 0 aliphatic heterocycles. The molecule has 0 unspecified atom stereocenters. The molecule has 1 aromatic heterocycles. The molecule has 3 rings (SSSR count). The van der Waals surface area contributed by atoms with E-state index in [0.717, 1.165) is 30.7 Å². The van der Waals surface area contributed by atoms with Gasteiger partial charge >= 0.3 is 5.97 Å². The standard InChI is InChI=1S/C15H14FN5O4/c16-9-3-4-10(12(5-9)21(24)25)18-13-6-11(8-1-2-8)19-15(20-13)17-7-14(22)23/h3-6,8H,1-2,7H2,(H,22,23)(H2,17,18,19,20). The molecule has 1 fully saturated rings. The van der Waals surface area contributed by atoms with Crippen molar-refractivity contribution in [2.24, 2.45) is 0 Å². The fourth-order valence-corrected chi connectivity index (χ4v) is 2.25. The Balaban J connectivity index is 1.91. The largest absolute Gasteiger partial charge is 0.480 e. The highest BCUT2D eigenvalue weighted by molar-refractivity contribution is 5.72. The second-order valence-corrected chi connectivity index (χ2v) is 5.57. The number of carboxylic acid groups (broad SMARTS) is 1. The van der Waals surface area contributed by atoms with Gasteiger partial charge < -0.3 is 15.7 Å². The van der Waals surface area contributed by atoms with Crippen LogP contribution in [0.2, 0.25) is 0 Å². The maximum absolute atomic E-state index is 13.2. The third-order valence-electron chi connectivity index (χ3n) is 3.56. The second-order valence-electron chi connectivity index (χ2n) is 5.57. The fourth-order valence-electron chi connectivity index (χ4n) is 2.25. The van der Waals surface area contributed by atoms with Crippen LogP contribution < -0.4 is 10.6 Å². The van der Waals surface area contributed by atoms with E-state index in [1.165, 1.54) is 6.07 Å². The fraction of sp³-hybridized carbons (Fsp3) is 0.267. The lowest BCUT2D eigenvalue weighted by atomic mass is 10.2. The Hall–Kier alpha value is -3.30. The molecule has 0 atom stereocenters. The first-order valence-electron chi connectivity index (χ1n) is 7.48. The minimum atomic E-state index is -1.07. The Morgan fingerprint density at radius 2 is 2.12 bits per heavy atom. The molecule has 1 aromatic carbocycles. The highest BCUT2D eigenvalue weighted by Gasteiger charge is 2.26. The number of nitrogens with one attached hydrogen (secondary N) is 2.